The van der Waals surface area contributed by atoms with Gasteiger partial charge in [0.2, 0.25) is 11.9 Å². The van der Waals surface area contributed by atoms with Crippen LogP contribution in [0.3, 0.4) is 0 Å². The van der Waals surface area contributed by atoms with Crippen molar-refractivity contribution in [3.8, 4) is 16.5 Å². The van der Waals surface area contributed by atoms with Crippen LogP contribution in [0, 0.1) is 30.1 Å². The lowest BCUT2D eigenvalue weighted by atomic mass is 9.49. The molecule has 3 aromatic heterocycles. The molecule has 31 heavy (non-hydrogen) atoms. The number of carbonyl (C=O) groups is 1. The maximum Gasteiger partial charge on any atom is 0.252 e. The first-order valence-electron chi connectivity index (χ1n) is 11.0. The van der Waals surface area contributed by atoms with Gasteiger partial charge in [-0.1, -0.05) is 6.07 Å². The number of amides is 1. The Morgan fingerprint density at radius 1 is 1.19 bits per heavy atom. The number of carbonyl (C=O) groups excluding carboxylic acids is 1. The molecule has 4 aliphatic rings. The summed E-state index contributed by atoms with van der Waals surface area (Å²) in [5.74, 6) is 3.04. The highest BCUT2D eigenvalue weighted by Gasteiger charge is 2.54. The largest absolute Gasteiger partial charge is 0.310 e. The van der Waals surface area contributed by atoms with Crippen LogP contribution < -0.4 is 10.9 Å². The highest BCUT2D eigenvalue weighted by molar-refractivity contribution is 7.13. The maximum absolute atomic E-state index is 13.6. The first-order valence-corrected chi connectivity index (χ1v) is 11.9. The first-order chi connectivity index (χ1) is 15.0. The predicted molar refractivity (Wildman–Crippen MR) is 119 cm³/mol. The lowest BCUT2D eigenvalue weighted by Gasteiger charge is -2.55. The fraction of sp³-hybridized carbons (Fsp3) is 0.478. The zero-order chi connectivity index (χ0) is 21.2. The third kappa shape index (κ3) is 3.24. The molecule has 4 fully saturated rings. The van der Waals surface area contributed by atoms with Crippen LogP contribution in [-0.2, 0) is 4.79 Å². The monoisotopic (exact) mass is 435 g/mol. The summed E-state index contributed by atoms with van der Waals surface area (Å²) in [5, 5.41) is 9.87. The number of nitrogens with zero attached hydrogens (tertiary/aromatic N) is 3. The van der Waals surface area contributed by atoms with E-state index in [1.54, 1.807) is 22.9 Å². The van der Waals surface area contributed by atoms with Crippen molar-refractivity contribution in [2.45, 2.75) is 45.4 Å². The number of hydrogen-bond donors (Lipinski definition) is 2. The summed E-state index contributed by atoms with van der Waals surface area (Å²) in [6.07, 6.45) is 6.87. The molecular weight excluding hydrogens is 410 g/mol. The Kier molecular flexibility index (Phi) is 4.21. The normalized spacial score (nSPS) is 28.7. The van der Waals surface area contributed by atoms with E-state index in [0.29, 0.717) is 35.2 Å². The Hall–Kier alpha value is -2.74. The molecule has 4 aliphatic carbocycles. The van der Waals surface area contributed by atoms with Crippen molar-refractivity contribution in [1.29, 1.82) is 0 Å². The van der Waals surface area contributed by atoms with E-state index in [2.05, 4.69) is 20.4 Å². The standard InChI is InChI=1S/C23H25N5O2S/c1-13-5-20(29)26-22(24-13)28-19(9-17(27-28)18-3-2-4-31-18)25-21(30)23-10-14-6-15(11-23)8-16(7-14)12-23/h2-5,9,14-16H,6-8,10-12H2,1H3,(H,25,30)(H,24,26,29). The van der Waals surface area contributed by atoms with Crippen molar-refractivity contribution in [2.24, 2.45) is 23.2 Å². The van der Waals surface area contributed by atoms with Crippen LogP contribution in [0.15, 0.2) is 34.4 Å². The van der Waals surface area contributed by atoms with E-state index in [4.69, 9.17) is 0 Å². The Balaban J connectivity index is 1.38. The molecule has 0 atom stereocenters. The summed E-state index contributed by atoms with van der Waals surface area (Å²) in [4.78, 5) is 33.9. The van der Waals surface area contributed by atoms with Crippen LogP contribution in [0.1, 0.15) is 44.2 Å². The molecule has 160 valence electrons. The van der Waals surface area contributed by atoms with Gasteiger partial charge in [0.15, 0.2) is 0 Å². The zero-order valence-electron chi connectivity index (χ0n) is 17.4. The van der Waals surface area contributed by atoms with E-state index in [0.717, 1.165) is 29.8 Å². The van der Waals surface area contributed by atoms with Crippen LogP contribution in [0.25, 0.3) is 16.5 Å². The SMILES string of the molecule is Cc1cc(=O)[nH]c(-n2nc(-c3cccs3)cc2NC(=O)C23CC4CC(CC(C4)C2)C3)n1. The first kappa shape index (κ1) is 19.0. The summed E-state index contributed by atoms with van der Waals surface area (Å²) in [6.45, 7) is 1.77. The topological polar surface area (TPSA) is 92.7 Å². The number of H-pyrrole nitrogens is 1. The summed E-state index contributed by atoms with van der Waals surface area (Å²) >= 11 is 1.58. The molecule has 8 heteroatoms. The van der Waals surface area contributed by atoms with Gasteiger partial charge in [0, 0.05) is 17.8 Å². The second kappa shape index (κ2) is 6.88. The van der Waals surface area contributed by atoms with Gasteiger partial charge in [-0.05, 0) is 74.6 Å². The van der Waals surface area contributed by atoms with Gasteiger partial charge >= 0.3 is 0 Å². The van der Waals surface area contributed by atoms with Gasteiger partial charge in [0.1, 0.15) is 11.5 Å². The number of rotatable bonds is 4. The zero-order valence-corrected chi connectivity index (χ0v) is 18.2. The van der Waals surface area contributed by atoms with Crippen molar-refractivity contribution in [2.75, 3.05) is 5.32 Å². The molecule has 4 bridgehead atoms. The maximum atomic E-state index is 13.6. The third-order valence-corrected chi connectivity index (χ3v) is 8.19. The molecule has 0 spiro atoms. The van der Waals surface area contributed by atoms with Crippen molar-refractivity contribution >= 4 is 23.1 Å². The number of thiophene rings is 1. The molecule has 7 rings (SSSR count). The van der Waals surface area contributed by atoms with E-state index in [1.165, 1.54) is 25.3 Å². The second-order valence-corrected chi connectivity index (χ2v) is 10.6. The van der Waals surface area contributed by atoms with E-state index in [-0.39, 0.29) is 16.9 Å². The minimum absolute atomic E-state index is 0.0977. The van der Waals surface area contributed by atoms with Crippen LogP contribution in [-0.4, -0.2) is 25.7 Å². The van der Waals surface area contributed by atoms with Crippen LogP contribution >= 0.6 is 11.3 Å². The third-order valence-electron chi connectivity index (χ3n) is 7.30. The number of aromatic nitrogens is 4. The average molecular weight is 436 g/mol. The highest BCUT2D eigenvalue weighted by atomic mass is 32.1. The molecule has 3 aromatic rings. The van der Waals surface area contributed by atoms with Gasteiger partial charge in [-0.25, -0.2) is 4.98 Å². The van der Waals surface area contributed by atoms with Crippen molar-refractivity contribution in [3.05, 3.63) is 45.7 Å². The quantitative estimate of drug-likeness (QED) is 0.644. The number of aryl methyl sites for hydroxylation is 1. The molecule has 3 heterocycles. The van der Waals surface area contributed by atoms with E-state index >= 15 is 0 Å². The summed E-state index contributed by atoms with van der Waals surface area (Å²) in [6, 6.07) is 7.29. The number of aromatic amines is 1. The summed E-state index contributed by atoms with van der Waals surface area (Å²) < 4.78 is 1.56. The lowest BCUT2D eigenvalue weighted by molar-refractivity contribution is -0.140. The van der Waals surface area contributed by atoms with E-state index in [9.17, 15) is 9.59 Å². The van der Waals surface area contributed by atoms with Crippen LogP contribution in [0.4, 0.5) is 5.82 Å². The van der Waals surface area contributed by atoms with Crippen LogP contribution in [0.2, 0.25) is 0 Å². The Bertz CT molecular complexity index is 1170. The molecule has 1 amide bonds. The lowest BCUT2D eigenvalue weighted by Crippen LogP contribution is -2.51. The second-order valence-electron chi connectivity index (χ2n) is 9.67. The molecule has 0 radical (unpaired) electrons. The van der Waals surface area contributed by atoms with E-state index < -0.39 is 0 Å². The molecule has 4 saturated carbocycles. The Morgan fingerprint density at radius 2 is 1.90 bits per heavy atom. The van der Waals surface area contributed by atoms with Gasteiger partial charge in [-0.2, -0.15) is 9.78 Å². The van der Waals surface area contributed by atoms with Gasteiger partial charge in [-0.15, -0.1) is 11.3 Å². The fourth-order valence-corrected chi connectivity index (χ4v) is 7.16. The van der Waals surface area contributed by atoms with Crippen molar-refractivity contribution < 1.29 is 4.79 Å². The molecule has 0 aromatic carbocycles. The van der Waals surface area contributed by atoms with Crippen LogP contribution in [0.5, 0.6) is 0 Å². The Labute approximate surface area is 183 Å². The van der Waals surface area contributed by atoms with Gasteiger partial charge in [0.25, 0.3) is 5.56 Å². The molecule has 0 unspecified atom stereocenters. The summed E-state index contributed by atoms with van der Waals surface area (Å²) in [7, 11) is 0. The average Bonchev–Trinajstić information content (AvgIpc) is 3.36. The van der Waals surface area contributed by atoms with E-state index in [1.807, 2.05) is 23.6 Å². The molecule has 0 aliphatic heterocycles. The molecule has 0 saturated heterocycles. The number of anilines is 1. The number of nitrogens with one attached hydrogen (secondary N) is 2. The van der Waals surface area contributed by atoms with Gasteiger partial charge < -0.3 is 5.32 Å². The smallest absolute Gasteiger partial charge is 0.252 e. The predicted octanol–water partition coefficient (Wildman–Crippen LogP) is 4.15. The minimum Gasteiger partial charge on any atom is -0.310 e. The Morgan fingerprint density at radius 3 is 2.52 bits per heavy atom. The molecule has 7 nitrogen and oxygen atoms in total. The number of hydrogen-bond acceptors (Lipinski definition) is 5. The summed E-state index contributed by atoms with van der Waals surface area (Å²) in [5.41, 5.74) is 0.847. The molecule has 2 N–H and O–H groups in total. The fourth-order valence-electron chi connectivity index (χ4n) is 6.48. The minimum atomic E-state index is -0.264. The van der Waals surface area contributed by atoms with Gasteiger partial charge in [0.05, 0.1) is 10.3 Å². The molecular formula is C23H25N5O2S. The van der Waals surface area contributed by atoms with Gasteiger partial charge in [-0.3, -0.25) is 14.6 Å². The highest BCUT2D eigenvalue weighted by Crippen LogP contribution is 2.60. The van der Waals surface area contributed by atoms with Crippen molar-refractivity contribution in [3.63, 3.8) is 0 Å². The van der Waals surface area contributed by atoms with Crippen molar-refractivity contribution in [1.82, 2.24) is 19.7 Å².